The van der Waals surface area contributed by atoms with Gasteiger partial charge in [-0.3, -0.25) is 0 Å². The molecule has 0 amide bonds. The quantitative estimate of drug-likeness (QED) is 0.908. The third-order valence-corrected chi connectivity index (χ3v) is 3.87. The summed E-state index contributed by atoms with van der Waals surface area (Å²) in [6.07, 6.45) is 2.40. The molecule has 1 aromatic heterocycles. The van der Waals surface area contributed by atoms with E-state index in [1.165, 1.54) is 12.2 Å². The summed E-state index contributed by atoms with van der Waals surface area (Å²) in [6, 6.07) is 0.433. The molecule has 1 fully saturated rings. The maximum atomic E-state index is 5.88. The number of anilines is 2. The highest BCUT2D eigenvalue weighted by atomic mass is 35.5. The zero-order chi connectivity index (χ0) is 12.3. The van der Waals surface area contributed by atoms with E-state index in [2.05, 4.69) is 20.3 Å². The summed E-state index contributed by atoms with van der Waals surface area (Å²) in [5, 5.41) is 3.55. The molecule has 17 heavy (non-hydrogen) atoms. The number of nitrogens with zero attached hydrogens (tertiary/aromatic N) is 4. The molecule has 1 aliphatic rings. The first-order valence-electron chi connectivity index (χ1n) is 5.58. The minimum Gasteiger partial charge on any atom is -0.350 e. The van der Waals surface area contributed by atoms with E-state index in [1.54, 1.807) is 0 Å². The van der Waals surface area contributed by atoms with E-state index in [0.717, 1.165) is 12.2 Å². The average molecular weight is 274 g/mol. The summed E-state index contributed by atoms with van der Waals surface area (Å²) in [7, 11) is 3.76. The zero-order valence-corrected chi connectivity index (χ0v) is 11.6. The molecule has 5 nitrogen and oxygen atoms in total. The van der Waals surface area contributed by atoms with Crippen molar-refractivity contribution in [2.75, 3.05) is 35.8 Å². The molecular weight excluding hydrogens is 258 g/mol. The first-order valence-corrected chi connectivity index (χ1v) is 7.11. The lowest BCUT2D eigenvalue weighted by molar-refractivity contribution is 0.677. The predicted molar refractivity (Wildman–Crippen MR) is 73.1 cm³/mol. The third-order valence-electron chi connectivity index (χ3n) is 2.49. The van der Waals surface area contributed by atoms with Crippen molar-refractivity contribution >= 4 is 35.3 Å². The molecule has 94 valence electrons. The fourth-order valence-corrected chi connectivity index (χ4v) is 2.87. The second-order valence-corrected chi connectivity index (χ2v) is 5.67. The second-order valence-electron chi connectivity index (χ2n) is 4.18. The van der Waals surface area contributed by atoms with Crippen molar-refractivity contribution in [1.29, 1.82) is 0 Å². The van der Waals surface area contributed by atoms with Crippen molar-refractivity contribution in [1.82, 2.24) is 15.0 Å². The van der Waals surface area contributed by atoms with E-state index >= 15 is 0 Å². The normalized spacial score (nSPS) is 20.1. The Bertz CT molecular complexity index is 381. The molecule has 1 N–H and O–H groups in total. The van der Waals surface area contributed by atoms with Crippen LogP contribution in [0.25, 0.3) is 0 Å². The van der Waals surface area contributed by atoms with Gasteiger partial charge in [-0.25, -0.2) is 0 Å². The SMILES string of the molecule is CN(C)c1nc(Cl)nc(NC2CCCSC2)n1. The van der Waals surface area contributed by atoms with Crippen molar-refractivity contribution in [3.8, 4) is 0 Å². The summed E-state index contributed by atoms with van der Waals surface area (Å²) in [4.78, 5) is 14.3. The van der Waals surface area contributed by atoms with E-state index in [-0.39, 0.29) is 5.28 Å². The Kier molecular flexibility index (Phi) is 4.28. The molecule has 0 aliphatic carbocycles. The Morgan fingerprint density at radius 3 is 2.82 bits per heavy atom. The number of aromatic nitrogens is 3. The number of thioether (sulfide) groups is 1. The van der Waals surface area contributed by atoms with E-state index in [4.69, 9.17) is 11.6 Å². The summed E-state index contributed by atoms with van der Waals surface area (Å²) in [6.45, 7) is 0. The van der Waals surface area contributed by atoms with Crippen molar-refractivity contribution in [2.24, 2.45) is 0 Å². The lowest BCUT2D eigenvalue weighted by Gasteiger charge is -2.22. The molecular formula is C10H16ClN5S. The predicted octanol–water partition coefficient (Wildman–Crippen LogP) is 1.90. The third kappa shape index (κ3) is 3.61. The summed E-state index contributed by atoms with van der Waals surface area (Å²) in [5.41, 5.74) is 0. The average Bonchev–Trinajstić information content (AvgIpc) is 2.29. The van der Waals surface area contributed by atoms with Crippen LogP contribution in [0.5, 0.6) is 0 Å². The molecule has 1 aliphatic heterocycles. The molecule has 1 unspecified atom stereocenters. The van der Waals surface area contributed by atoms with Gasteiger partial charge >= 0.3 is 0 Å². The number of nitrogens with one attached hydrogen (secondary N) is 1. The van der Waals surface area contributed by atoms with Gasteiger partial charge in [-0.15, -0.1) is 0 Å². The van der Waals surface area contributed by atoms with Crippen molar-refractivity contribution in [2.45, 2.75) is 18.9 Å². The van der Waals surface area contributed by atoms with Crippen LogP contribution >= 0.6 is 23.4 Å². The Morgan fingerprint density at radius 2 is 2.18 bits per heavy atom. The maximum Gasteiger partial charge on any atom is 0.230 e. The fraction of sp³-hybridized carbons (Fsp3) is 0.700. The molecule has 0 saturated carbocycles. The molecule has 1 atom stereocenters. The van der Waals surface area contributed by atoms with Gasteiger partial charge < -0.3 is 10.2 Å². The van der Waals surface area contributed by atoms with Crippen LogP contribution in [0.3, 0.4) is 0 Å². The van der Waals surface area contributed by atoms with Gasteiger partial charge in [0.1, 0.15) is 0 Å². The molecule has 1 saturated heterocycles. The Labute approximate surface area is 110 Å². The molecule has 0 aromatic carbocycles. The van der Waals surface area contributed by atoms with Crippen LogP contribution in [0.2, 0.25) is 5.28 Å². The molecule has 0 spiro atoms. The van der Waals surface area contributed by atoms with Crippen LogP contribution in [0.1, 0.15) is 12.8 Å². The van der Waals surface area contributed by atoms with Crippen molar-refractivity contribution in [3.05, 3.63) is 5.28 Å². The fourth-order valence-electron chi connectivity index (χ4n) is 1.64. The smallest absolute Gasteiger partial charge is 0.230 e. The van der Waals surface area contributed by atoms with Crippen LogP contribution in [0.15, 0.2) is 0 Å². The van der Waals surface area contributed by atoms with Crippen LogP contribution in [0, 0.1) is 0 Å². The van der Waals surface area contributed by atoms with E-state index < -0.39 is 0 Å². The molecule has 0 radical (unpaired) electrons. The topological polar surface area (TPSA) is 53.9 Å². The first kappa shape index (κ1) is 12.7. The van der Waals surface area contributed by atoms with Gasteiger partial charge in [0.2, 0.25) is 17.2 Å². The van der Waals surface area contributed by atoms with Crippen molar-refractivity contribution in [3.63, 3.8) is 0 Å². The van der Waals surface area contributed by atoms with Gasteiger partial charge in [0.05, 0.1) is 0 Å². The number of halogens is 1. The molecule has 0 bridgehead atoms. The Balaban J connectivity index is 2.09. The van der Waals surface area contributed by atoms with Gasteiger partial charge in [0.15, 0.2) is 0 Å². The van der Waals surface area contributed by atoms with E-state index in [0.29, 0.717) is 17.9 Å². The number of hydrogen-bond acceptors (Lipinski definition) is 6. The molecule has 2 rings (SSSR count). The monoisotopic (exact) mass is 273 g/mol. The van der Waals surface area contributed by atoms with Crippen LogP contribution in [-0.2, 0) is 0 Å². The molecule has 1 aromatic rings. The summed E-state index contributed by atoms with van der Waals surface area (Å²) >= 11 is 7.84. The summed E-state index contributed by atoms with van der Waals surface area (Å²) in [5.74, 6) is 3.50. The number of rotatable bonds is 3. The highest BCUT2D eigenvalue weighted by Gasteiger charge is 2.15. The first-order chi connectivity index (χ1) is 8.15. The van der Waals surface area contributed by atoms with E-state index in [1.807, 2.05) is 30.8 Å². The van der Waals surface area contributed by atoms with Gasteiger partial charge in [-0.2, -0.15) is 26.7 Å². The lowest BCUT2D eigenvalue weighted by atomic mass is 10.2. The molecule has 2 heterocycles. The summed E-state index contributed by atoms with van der Waals surface area (Å²) < 4.78 is 0. The maximum absolute atomic E-state index is 5.88. The Hall–Kier alpha value is -0.750. The minimum atomic E-state index is 0.231. The van der Waals surface area contributed by atoms with Gasteiger partial charge in [0, 0.05) is 25.9 Å². The highest BCUT2D eigenvalue weighted by molar-refractivity contribution is 7.99. The van der Waals surface area contributed by atoms with Crippen molar-refractivity contribution < 1.29 is 0 Å². The van der Waals surface area contributed by atoms with E-state index in [9.17, 15) is 0 Å². The Morgan fingerprint density at radius 1 is 1.35 bits per heavy atom. The second kappa shape index (κ2) is 5.73. The molecule has 7 heteroatoms. The van der Waals surface area contributed by atoms with Gasteiger partial charge in [-0.1, -0.05) is 0 Å². The zero-order valence-electron chi connectivity index (χ0n) is 9.98. The van der Waals surface area contributed by atoms with Crippen LogP contribution < -0.4 is 10.2 Å². The number of hydrogen-bond donors (Lipinski definition) is 1. The van der Waals surface area contributed by atoms with Gasteiger partial charge in [0.25, 0.3) is 0 Å². The lowest BCUT2D eigenvalue weighted by Crippen LogP contribution is -2.27. The highest BCUT2D eigenvalue weighted by Crippen LogP contribution is 2.20. The van der Waals surface area contributed by atoms with Crippen LogP contribution in [-0.4, -0.2) is 46.6 Å². The minimum absolute atomic E-state index is 0.231. The largest absolute Gasteiger partial charge is 0.350 e. The standard InChI is InChI=1S/C10H16ClN5S/c1-16(2)10-14-8(11)13-9(15-10)12-7-4-3-5-17-6-7/h7H,3-6H2,1-2H3,(H,12,13,14,15). The van der Waals surface area contributed by atoms with Crippen LogP contribution in [0.4, 0.5) is 11.9 Å². The van der Waals surface area contributed by atoms with Gasteiger partial charge in [-0.05, 0) is 30.2 Å².